The van der Waals surface area contributed by atoms with Crippen LogP contribution in [0.4, 0.5) is 0 Å². The number of rotatable bonds is 3. The lowest BCUT2D eigenvalue weighted by Crippen LogP contribution is -2.30. The maximum Gasteiger partial charge on any atom is 0.161 e. The Morgan fingerprint density at radius 3 is 2.16 bits per heavy atom. The highest BCUT2D eigenvalue weighted by Crippen LogP contribution is 2.38. The summed E-state index contributed by atoms with van der Waals surface area (Å²) in [5, 5.41) is 20.1. The van der Waals surface area contributed by atoms with E-state index in [2.05, 4.69) is 0 Å². The fraction of sp³-hybridized carbons (Fsp3) is 0.571. The van der Waals surface area contributed by atoms with E-state index in [9.17, 15) is 10.2 Å². The summed E-state index contributed by atoms with van der Waals surface area (Å²) in [7, 11) is 5.05. The van der Waals surface area contributed by atoms with Crippen LogP contribution in [0.2, 0.25) is 0 Å². The molecular weight excluding hydrogens is 246 g/mol. The number of aliphatic hydroxyl groups excluding tert-OH is 2. The Morgan fingerprint density at radius 2 is 1.68 bits per heavy atom. The molecule has 1 heterocycles. The molecular formula is C14H21NO4. The Balaban J connectivity index is 2.37. The Bertz CT molecular complexity index is 437. The predicted molar refractivity (Wildman–Crippen MR) is 71.5 cm³/mol. The van der Waals surface area contributed by atoms with Crippen molar-refractivity contribution in [2.24, 2.45) is 0 Å². The standard InChI is InChI=1S/C14H21NO4/c1-8-13(16)14(17)12(15(8)2)9-5-6-10(18-3)11(7-9)19-4/h5-8,12-14,16-17H,1-4H3/t8-,12-,13+,14+/m0/s1. The van der Waals surface area contributed by atoms with Crippen LogP contribution >= 0.6 is 0 Å². The number of likely N-dealkylation sites (N-methyl/N-ethyl adjacent to an activating group) is 1. The molecule has 0 aliphatic carbocycles. The van der Waals surface area contributed by atoms with Crippen LogP contribution in [0, 0.1) is 0 Å². The van der Waals surface area contributed by atoms with Gasteiger partial charge in [-0.25, -0.2) is 0 Å². The number of methoxy groups -OCH3 is 2. The molecule has 1 aliphatic rings. The van der Waals surface area contributed by atoms with Crippen molar-refractivity contribution in [2.75, 3.05) is 21.3 Å². The molecule has 106 valence electrons. The summed E-state index contributed by atoms with van der Waals surface area (Å²) >= 11 is 0. The molecule has 0 aromatic heterocycles. The van der Waals surface area contributed by atoms with Gasteiger partial charge in [0.1, 0.15) is 6.10 Å². The van der Waals surface area contributed by atoms with Gasteiger partial charge in [-0.1, -0.05) is 6.07 Å². The van der Waals surface area contributed by atoms with Crippen LogP contribution in [0.1, 0.15) is 18.5 Å². The van der Waals surface area contributed by atoms with Crippen molar-refractivity contribution < 1.29 is 19.7 Å². The molecule has 5 nitrogen and oxygen atoms in total. The molecule has 0 unspecified atom stereocenters. The zero-order valence-corrected chi connectivity index (χ0v) is 11.7. The third-order valence-corrected chi connectivity index (χ3v) is 4.00. The second kappa shape index (κ2) is 5.36. The molecule has 19 heavy (non-hydrogen) atoms. The van der Waals surface area contributed by atoms with Gasteiger partial charge in [-0.2, -0.15) is 0 Å². The summed E-state index contributed by atoms with van der Waals surface area (Å²) in [6, 6.07) is 5.20. The molecule has 1 aromatic carbocycles. The molecule has 1 aliphatic heterocycles. The van der Waals surface area contributed by atoms with Crippen molar-refractivity contribution >= 4 is 0 Å². The fourth-order valence-electron chi connectivity index (χ4n) is 2.68. The van der Waals surface area contributed by atoms with Gasteiger partial charge < -0.3 is 19.7 Å². The predicted octanol–water partition coefficient (Wildman–Crippen LogP) is 0.801. The van der Waals surface area contributed by atoms with E-state index in [-0.39, 0.29) is 12.1 Å². The van der Waals surface area contributed by atoms with E-state index in [1.807, 2.05) is 37.1 Å². The number of nitrogens with zero attached hydrogens (tertiary/aromatic N) is 1. The lowest BCUT2D eigenvalue weighted by atomic mass is 10.0. The molecule has 0 amide bonds. The lowest BCUT2D eigenvalue weighted by Gasteiger charge is -2.25. The van der Waals surface area contributed by atoms with Crippen molar-refractivity contribution in [1.29, 1.82) is 0 Å². The van der Waals surface area contributed by atoms with Gasteiger partial charge in [-0.05, 0) is 31.7 Å². The third kappa shape index (κ3) is 2.29. The average molecular weight is 267 g/mol. The smallest absolute Gasteiger partial charge is 0.161 e. The molecule has 0 bridgehead atoms. The van der Waals surface area contributed by atoms with Crippen LogP contribution < -0.4 is 9.47 Å². The first-order valence-electron chi connectivity index (χ1n) is 6.31. The fourth-order valence-corrected chi connectivity index (χ4v) is 2.68. The van der Waals surface area contributed by atoms with E-state index in [0.717, 1.165) is 5.56 Å². The monoisotopic (exact) mass is 267 g/mol. The molecule has 5 heteroatoms. The number of hydrogen-bond donors (Lipinski definition) is 2. The van der Waals surface area contributed by atoms with Gasteiger partial charge in [-0.15, -0.1) is 0 Å². The Hall–Kier alpha value is -1.30. The molecule has 0 spiro atoms. The minimum atomic E-state index is -0.807. The molecule has 2 rings (SSSR count). The van der Waals surface area contributed by atoms with E-state index >= 15 is 0 Å². The SMILES string of the molecule is COc1ccc([C@H]2[C@@H](O)[C@H](O)[C@H](C)N2C)cc1OC. The number of aliphatic hydroxyl groups is 2. The highest BCUT2D eigenvalue weighted by molar-refractivity contribution is 5.44. The molecule has 1 fully saturated rings. The van der Waals surface area contributed by atoms with Crippen LogP contribution in [0.25, 0.3) is 0 Å². The van der Waals surface area contributed by atoms with E-state index in [1.54, 1.807) is 14.2 Å². The van der Waals surface area contributed by atoms with Gasteiger partial charge in [-0.3, -0.25) is 4.90 Å². The number of hydrogen-bond acceptors (Lipinski definition) is 5. The zero-order chi connectivity index (χ0) is 14.2. The zero-order valence-electron chi connectivity index (χ0n) is 11.7. The van der Waals surface area contributed by atoms with Crippen molar-refractivity contribution in [3.8, 4) is 11.5 Å². The highest BCUT2D eigenvalue weighted by Gasteiger charge is 2.44. The maximum atomic E-state index is 10.2. The largest absolute Gasteiger partial charge is 0.493 e. The van der Waals surface area contributed by atoms with Crippen LogP contribution in [-0.2, 0) is 0 Å². The highest BCUT2D eigenvalue weighted by atomic mass is 16.5. The first-order chi connectivity index (χ1) is 9.01. The summed E-state index contributed by atoms with van der Waals surface area (Å²) in [5.41, 5.74) is 0.899. The maximum absolute atomic E-state index is 10.2. The van der Waals surface area contributed by atoms with E-state index in [4.69, 9.17) is 9.47 Å². The van der Waals surface area contributed by atoms with Gasteiger partial charge in [0.05, 0.1) is 26.4 Å². The van der Waals surface area contributed by atoms with E-state index < -0.39 is 12.2 Å². The van der Waals surface area contributed by atoms with Gasteiger partial charge >= 0.3 is 0 Å². The molecule has 4 atom stereocenters. The normalized spacial score (nSPS) is 31.5. The van der Waals surface area contributed by atoms with Crippen LogP contribution in [0.3, 0.4) is 0 Å². The quantitative estimate of drug-likeness (QED) is 0.848. The van der Waals surface area contributed by atoms with Gasteiger partial charge in [0.2, 0.25) is 0 Å². The number of ether oxygens (including phenoxy) is 2. The minimum absolute atomic E-state index is 0.0897. The van der Waals surface area contributed by atoms with Crippen LogP contribution in [0.15, 0.2) is 18.2 Å². The van der Waals surface area contributed by atoms with Crippen molar-refractivity contribution in [2.45, 2.75) is 31.2 Å². The summed E-state index contributed by atoms with van der Waals surface area (Å²) in [5.74, 6) is 1.27. The summed E-state index contributed by atoms with van der Waals surface area (Å²) in [4.78, 5) is 1.97. The van der Waals surface area contributed by atoms with Crippen molar-refractivity contribution in [3.63, 3.8) is 0 Å². The molecule has 1 aromatic rings. The first-order valence-corrected chi connectivity index (χ1v) is 6.31. The topological polar surface area (TPSA) is 62.2 Å². The van der Waals surface area contributed by atoms with Gasteiger partial charge in [0.25, 0.3) is 0 Å². The molecule has 0 radical (unpaired) electrons. The lowest BCUT2D eigenvalue weighted by molar-refractivity contribution is 0.0300. The van der Waals surface area contributed by atoms with Crippen molar-refractivity contribution in [3.05, 3.63) is 23.8 Å². The second-order valence-corrected chi connectivity index (χ2v) is 4.95. The third-order valence-electron chi connectivity index (χ3n) is 4.00. The number of likely N-dealkylation sites (tertiary alicyclic amines) is 1. The summed E-state index contributed by atoms with van der Waals surface area (Å²) in [6.07, 6.45) is -1.55. The van der Waals surface area contributed by atoms with Gasteiger partial charge in [0, 0.05) is 6.04 Å². The first kappa shape index (κ1) is 14.1. The number of benzene rings is 1. The van der Waals surface area contributed by atoms with E-state index in [1.165, 1.54) is 0 Å². The average Bonchev–Trinajstić information content (AvgIpc) is 2.62. The van der Waals surface area contributed by atoms with Crippen LogP contribution in [0.5, 0.6) is 11.5 Å². The van der Waals surface area contributed by atoms with Gasteiger partial charge in [0.15, 0.2) is 11.5 Å². The van der Waals surface area contributed by atoms with Crippen molar-refractivity contribution in [1.82, 2.24) is 4.90 Å². The summed E-state index contributed by atoms with van der Waals surface area (Å²) < 4.78 is 10.5. The molecule has 1 saturated heterocycles. The second-order valence-electron chi connectivity index (χ2n) is 4.95. The Morgan fingerprint density at radius 1 is 1.05 bits per heavy atom. The minimum Gasteiger partial charge on any atom is -0.493 e. The van der Waals surface area contributed by atoms with Crippen LogP contribution in [-0.4, -0.2) is 54.6 Å². The molecule has 0 saturated carbocycles. The molecule has 2 N–H and O–H groups in total. The Labute approximate surface area is 113 Å². The van der Waals surface area contributed by atoms with E-state index in [0.29, 0.717) is 11.5 Å². The summed E-state index contributed by atoms with van der Waals surface area (Å²) in [6.45, 7) is 1.90. The Kier molecular flexibility index (Phi) is 3.99.